The Labute approximate surface area is 143 Å². The summed E-state index contributed by atoms with van der Waals surface area (Å²) < 4.78 is 1.80. The predicted molar refractivity (Wildman–Crippen MR) is 98.1 cm³/mol. The molecule has 0 saturated heterocycles. The van der Waals surface area contributed by atoms with Gasteiger partial charge in [-0.3, -0.25) is 9.97 Å². The van der Waals surface area contributed by atoms with Crippen LogP contribution in [0.25, 0.3) is 27.5 Å². The lowest BCUT2D eigenvalue weighted by Crippen LogP contribution is -1.95. The maximum atomic E-state index is 4.78. The fourth-order valence-corrected chi connectivity index (χ4v) is 3.09. The van der Waals surface area contributed by atoms with Gasteiger partial charge in [0.25, 0.3) is 0 Å². The highest BCUT2D eigenvalue weighted by molar-refractivity contribution is 6.10. The molecule has 6 heteroatoms. The van der Waals surface area contributed by atoms with Crippen LogP contribution in [0.4, 0.5) is 11.4 Å². The van der Waals surface area contributed by atoms with Crippen molar-refractivity contribution in [3.05, 3.63) is 66.9 Å². The van der Waals surface area contributed by atoms with E-state index in [2.05, 4.69) is 34.3 Å². The number of aryl methyl sites for hydroxylation is 1. The summed E-state index contributed by atoms with van der Waals surface area (Å²) in [6.07, 6.45) is 8.90. The summed E-state index contributed by atoms with van der Waals surface area (Å²) >= 11 is 0. The molecule has 0 aliphatic heterocycles. The van der Waals surface area contributed by atoms with Crippen LogP contribution in [-0.4, -0.2) is 24.6 Å². The van der Waals surface area contributed by atoms with Crippen molar-refractivity contribution < 1.29 is 0 Å². The van der Waals surface area contributed by atoms with Gasteiger partial charge in [0.15, 0.2) is 0 Å². The van der Waals surface area contributed by atoms with Crippen LogP contribution < -0.4 is 5.32 Å². The molecule has 0 aliphatic carbocycles. The Kier molecular flexibility index (Phi) is 2.90. The van der Waals surface area contributed by atoms with E-state index >= 15 is 0 Å². The number of hydrogen-bond donors (Lipinski definition) is 1. The summed E-state index contributed by atoms with van der Waals surface area (Å²) in [4.78, 5) is 13.3. The van der Waals surface area contributed by atoms with Crippen LogP contribution in [-0.2, 0) is 0 Å². The topological polar surface area (TPSA) is 68.0 Å². The molecule has 5 aromatic rings. The number of nitrogens with one attached hydrogen (secondary N) is 1. The second-order valence-corrected chi connectivity index (χ2v) is 5.98. The first-order valence-corrected chi connectivity index (χ1v) is 7.99. The quantitative estimate of drug-likeness (QED) is 0.533. The molecule has 0 fully saturated rings. The highest BCUT2D eigenvalue weighted by Gasteiger charge is 2.15. The number of pyridine rings is 2. The van der Waals surface area contributed by atoms with Gasteiger partial charge in [0.05, 0.1) is 17.4 Å². The van der Waals surface area contributed by atoms with Gasteiger partial charge >= 0.3 is 0 Å². The molecule has 0 radical (unpaired) electrons. The van der Waals surface area contributed by atoms with Gasteiger partial charge in [-0.15, -0.1) is 0 Å². The summed E-state index contributed by atoms with van der Waals surface area (Å²) in [6, 6.07) is 10.2. The van der Waals surface area contributed by atoms with E-state index in [1.165, 1.54) is 5.56 Å². The number of aromatic nitrogens is 5. The van der Waals surface area contributed by atoms with Crippen molar-refractivity contribution in [2.24, 2.45) is 0 Å². The fraction of sp³-hybridized carbons (Fsp3) is 0.0526. The third-order valence-corrected chi connectivity index (χ3v) is 4.24. The van der Waals surface area contributed by atoms with Crippen molar-refractivity contribution in [1.82, 2.24) is 24.6 Å². The zero-order chi connectivity index (χ0) is 16.8. The van der Waals surface area contributed by atoms with Crippen molar-refractivity contribution in [1.29, 1.82) is 0 Å². The number of benzene rings is 1. The Hall–Kier alpha value is -3.54. The molecule has 6 nitrogen and oxygen atoms in total. The molecule has 25 heavy (non-hydrogen) atoms. The third kappa shape index (κ3) is 2.19. The zero-order valence-corrected chi connectivity index (χ0v) is 13.5. The lowest BCUT2D eigenvalue weighted by atomic mass is 10.1. The normalized spacial score (nSPS) is 11.4. The van der Waals surface area contributed by atoms with Crippen LogP contribution in [0.3, 0.4) is 0 Å². The number of anilines is 2. The van der Waals surface area contributed by atoms with Gasteiger partial charge in [0, 0.05) is 35.9 Å². The molecule has 1 aromatic carbocycles. The van der Waals surface area contributed by atoms with Gasteiger partial charge in [-0.05, 0) is 30.7 Å². The molecule has 0 atom stereocenters. The Morgan fingerprint density at radius 1 is 1.00 bits per heavy atom. The minimum atomic E-state index is 0.801. The number of rotatable bonds is 2. The first kappa shape index (κ1) is 13.9. The fourth-order valence-electron chi connectivity index (χ4n) is 3.09. The second kappa shape index (κ2) is 5.24. The van der Waals surface area contributed by atoms with Crippen LogP contribution in [0, 0.1) is 6.92 Å². The summed E-state index contributed by atoms with van der Waals surface area (Å²) in [6.45, 7) is 2.07. The van der Waals surface area contributed by atoms with E-state index in [-0.39, 0.29) is 0 Å². The molecule has 4 heterocycles. The Morgan fingerprint density at radius 2 is 1.92 bits per heavy atom. The first-order valence-electron chi connectivity index (χ1n) is 7.99. The Balaban J connectivity index is 1.86. The molecule has 0 aliphatic rings. The molecular weight excluding hydrogens is 312 g/mol. The maximum absolute atomic E-state index is 4.78. The van der Waals surface area contributed by atoms with Gasteiger partial charge in [0.2, 0.25) is 0 Å². The molecule has 120 valence electrons. The Bertz CT molecular complexity index is 1240. The smallest absolute Gasteiger partial charge is 0.136 e. The van der Waals surface area contributed by atoms with Crippen LogP contribution >= 0.6 is 0 Å². The average molecular weight is 326 g/mol. The van der Waals surface area contributed by atoms with E-state index in [0.717, 1.165) is 38.8 Å². The van der Waals surface area contributed by atoms with Gasteiger partial charge in [0.1, 0.15) is 16.6 Å². The van der Waals surface area contributed by atoms with Crippen LogP contribution in [0.5, 0.6) is 0 Å². The molecule has 5 rings (SSSR count). The lowest BCUT2D eigenvalue weighted by molar-refractivity contribution is 0.964. The molecule has 0 bridgehead atoms. The molecule has 0 saturated carbocycles. The molecule has 0 amide bonds. The summed E-state index contributed by atoms with van der Waals surface area (Å²) in [5, 5.41) is 9.16. The number of nitrogens with zero attached hydrogens (tertiary/aromatic N) is 5. The largest absolute Gasteiger partial charge is 0.353 e. The molecule has 4 aromatic heterocycles. The van der Waals surface area contributed by atoms with Crippen LogP contribution in [0.15, 0.2) is 61.3 Å². The summed E-state index contributed by atoms with van der Waals surface area (Å²) in [5.74, 6) is 0. The van der Waals surface area contributed by atoms with Crippen molar-refractivity contribution in [3.8, 4) is 0 Å². The minimum absolute atomic E-state index is 0.801. The van der Waals surface area contributed by atoms with E-state index < -0.39 is 0 Å². The SMILES string of the molecule is Cc1cccc(Nc2c3cnccc3nc3c2nn2ccncc32)c1. The first-order chi connectivity index (χ1) is 12.3. The second-order valence-electron chi connectivity index (χ2n) is 5.98. The van der Waals surface area contributed by atoms with Gasteiger partial charge in [-0.25, -0.2) is 9.50 Å². The van der Waals surface area contributed by atoms with Crippen LogP contribution in [0.1, 0.15) is 5.56 Å². The maximum Gasteiger partial charge on any atom is 0.136 e. The zero-order valence-electron chi connectivity index (χ0n) is 13.5. The van der Waals surface area contributed by atoms with Crippen molar-refractivity contribution >= 4 is 38.8 Å². The van der Waals surface area contributed by atoms with Gasteiger partial charge in [-0.1, -0.05) is 12.1 Å². The highest BCUT2D eigenvalue weighted by Crippen LogP contribution is 2.33. The lowest BCUT2D eigenvalue weighted by Gasteiger charge is -2.10. The molecule has 0 unspecified atom stereocenters. The average Bonchev–Trinajstić information content (AvgIpc) is 3.00. The third-order valence-electron chi connectivity index (χ3n) is 4.24. The molecule has 0 spiro atoms. The van der Waals surface area contributed by atoms with Crippen molar-refractivity contribution in [2.75, 3.05) is 5.32 Å². The van der Waals surface area contributed by atoms with E-state index in [0.29, 0.717) is 0 Å². The molecule has 1 N–H and O–H groups in total. The summed E-state index contributed by atoms with van der Waals surface area (Å²) in [7, 11) is 0. The monoisotopic (exact) mass is 326 g/mol. The molecular formula is C19H14N6. The van der Waals surface area contributed by atoms with Crippen LogP contribution in [0.2, 0.25) is 0 Å². The number of fused-ring (bicyclic) bond motifs is 4. The standard InChI is InChI=1S/C19H14N6/c1-12-3-2-4-13(9-12)22-17-14-10-20-6-5-15(14)23-18-16-11-21-7-8-25(16)24-19(17)18/h2-11,22H,1H3. The summed E-state index contributed by atoms with van der Waals surface area (Å²) in [5.41, 5.74) is 6.48. The van der Waals surface area contributed by atoms with E-state index in [1.807, 2.05) is 30.6 Å². The number of hydrogen-bond acceptors (Lipinski definition) is 5. The Morgan fingerprint density at radius 3 is 2.84 bits per heavy atom. The van der Waals surface area contributed by atoms with E-state index in [9.17, 15) is 0 Å². The van der Waals surface area contributed by atoms with E-state index in [4.69, 9.17) is 10.1 Å². The van der Waals surface area contributed by atoms with Gasteiger partial charge < -0.3 is 5.32 Å². The minimum Gasteiger partial charge on any atom is -0.353 e. The highest BCUT2D eigenvalue weighted by atomic mass is 15.2. The van der Waals surface area contributed by atoms with Gasteiger partial charge in [-0.2, -0.15) is 5.10 Å². The van der Waals surface area contributed by atoms with E-state index in [1.54, 1.807) is 23.1 Å². The van der Waals surface area contributed by atoms with Crippen molar-refractivity contribution in [3.63, 3.8) is 0 Å². The predicted octanol–water partition coefficient (Wildman–Crippen LogP) is 3.88. The van der Waals surface area contributed by atoms with Crippen molar-refractivity contribution in [2.45, 2.75) is 6.92 Å².